The Morgan fingerprint density at radius 1 is 1.37 bits per heavy atom. The first-order valence-corrected chi connectivity index (χ1v) is 8.55. The maximum Gasteiger partial charge on any atom is 0.412 e. The molecule has 1 unspecified atom stereocenters. The van der Waals surface area contributed by atoms with Crippen molar-refractivity contribution in [3.63, 3.8) is 0 Å². The van der Waals surface area contributed by atoms with Crippen LogP contribution in [0.15, 0.2) is 24.3 Å². The van der Waals surface area contributed by atoms with Crippen molar-refractivity contribution in [2.75, 3.05) is 25.6 Å². The number of aliphatic hydroxyl groups is 1. The second-order valence-corrected chi connectivity index (χ2v) is 7.42. The number of hydrogen-bond donors (Lipinski definition) is 3. The fraction of sp³-hybridized carbons (Fsp3) is 0.474. The van der Waals surface area contributed by atoms with E-state index in [0.29, 0.717) is 13.0 Å². The van der Waals surface area contributed by atoms with Gasteiger partial charge in [-0.05, 0) is 33.3 Å². The Morgan fingerprint density at radius 2 is 2.04 bits per heavy atom. The summed E-state index contributed by atoms with van der Waals surface area (Å²) in [5, 5.41) is 22.1. The molecule has 0 spiro atoms. The lowest BCUT2D eigenvalue weighted by Crippen LogP contribution is -2.38. The summed E-state index contributed by atoms with van der Waals surface area (Å²) >= 11 is 0. The highest BCUT2D eigenvalue weighted by Crippen LogP contribution is 2.35. The van der Waals surface area contributed by atoms with Crippen LogP contribution in [0.25, 0.3) is 0 Å². The molecule has 0 bridgehead atoms. The number of aromatic hydroxyl groups is 1. The minimum Gasteiger partial charge on any atom is -0.504 e. The third-order valence-electron chi connectivity index (χ3n) is 4.02. The maximum atomic E-state index is 13.1. The Morgan fingerprint density at radius 3 is 2.59 bits per heavy atom. The van der Waals surface area contributed by atoms with Gasteiger partial charge in [0.25, 0.3) is 5.91 Å². The predicted octanol–water partition coefficient (Wildman–Crippen LogP) is 2.51. The number of benzene rings is 1. The number of nitrogens with one attached hydrogen (secondary N) is 1. The highest BCUT2D eigenvalue weighted by Gasteiger charge is 2.33. The standard InChI is InChI=1S/C19H26N2O6/c1-11-6-12(10-22)21(9-11)17(24)13-7-16(26-5)15(23)8-14(13)20-18(25)27-19(2,3)4/h7-8,12,22-23H,1,6,9-10H2,2-5H3,(H,20,25). The number of aliphatic hydroxyl groups excluding tert-OH is 1. The van der Waals surface area contributed by atoms with Crippen molar-refractivity contribution in [3.05, 3.63) is 29.8 Å². The molecule has 2 amide bonds. The highest BCUT2D eigenvalue weighted by atomic mass is 16.6. The number of carbonyl (C=O) groups is 2. The van der Waals surface area contributed by atoms with Crippen molar-refractivity contribution < 1.29 is 29.3 Å². The van der Waals surface area contributed by atoms with Crippen molar-refractivity contribution in [1.29, 1.82) is 0 Å². The van der Waals surface area contributed by atoms with Crippen LogP contribution in [0.5, 0.6) is 11.5 Å². The number of ether oxygens (including phenoxy) is 2. The van der Waals surface area contributed by atoms with Gasteiger partial charge in [0.15, 0.2) is 11.5 Å². The van der Waals surface area contributed by atoms with Gasteiger partial charge in [-0.15, -0.1) is 0 Å². The first kappa shape index (κ1) is 20.6. The zero-order chi connectivity index (χ0) is 20.4. The van der Waals surface area contributed by atoms with E-state index < -0.39 is 17.6 Å². The minimum absolute atomic E-state index is 0.0850. The van der Waals surface area contributed by atoms with Crippen molar-refractivity contribution >= 4 is 17.7 Å². The number of rotatable bonds is 4. The number of nitrogens with zero attached hydrogens (tertiary/aromatic N) is 1. The first-order chi connectivity index (χ1) is 12.6. The summed E-state index contributed by atoms with van der Waals surface area (Å²) in [7, 11) is 1.36. The van der Waals surface area contributed by atoms with Crippen LogP contribution in [-0.2, 0) is 4.74 Å². The van der Waals surface area contributed by atoms with Crippen LogP contribution in [0.2, 0.25) is 0 Å². The summed E-state index contributed by atoms with van der Waals surface area (Å²) < 4.78 is 10.3. The van der Waals surface area contributed by atoms with E-state index in [2.05, 4.69) is 11.9 Å². The molecule has 8 nitrogen and oxygen atoms in total. The molecule has 27 heavy (non-hydrogen) atoms. The Kier molecular flexibility index (Phi) is 6.00. The average molecular weight is 378 g/mol. The molecule has 1 atom stereocenters. The van der Waals surface area contributed by atoms with Crippen LogP contribution in [0.1, 0.15) is 37.6 Å². The van der Waals surface area contributed by atoms with Gasteiger partial charge in [0.1, 0.15) is 5.60 Å². The van der Waals surface area contributed by atoms with E-state index in [9.17, 15) is 19.8 Å². The summed E-state index contributed by atoms with van der Waals surface area (Å²) in [5.74, 6) is -0.562. The molecule has 1 aromatic rings. The molecule has 1 aromatic carbocycles. The molecule has 8 heteroatoms. The lowest BCUT2D eigenvalue weighted by molar-refractivity contribution is 0.0635. The lowest BCUT2D eigenvalue weighted by atomic mass is 10.1. The van der Waals surface area contributed by atoms with Gasteiger partial charge < -0.3 is 24.6 Å². The van der Waals surface area contributed by atoms with Crippen molar-refractivity contribution in [1.82, 2.24) is 4.90 Å². The summed E-state index contributed by atoms with van der Waals surface area (Å²) in [6, 6.07) is 2.19. The molecule has 0 radical (unpaired) electrons. The van der Waals surface area contributed by atoms with Gasteiger partial charge in [0.05, 0.1) is 31.0 Å². The normalized spacial score (nSPS) is 17.0. The number of phenolic OH excluding ortho intramolecular Hbond substituents is 1. The number of phenols is 1. The van der Waals surface area contributed by atoms with Gasteiger partial charge in [-0.25, -0.2) is 4.79 Å². The summed E-state index contributed by atoms with van der Waals surface area (Å²) in [6.07, 6.45) is -0.252. The summed E-state index contributed by atoms with van der Waals surface area (Å²) in [5.41, 5.74) is 0.303. The van der Waals surface area contributed by atoms with Gasteiger partial charge in [-0.1, -0.05) is 12.2 Å². The smallest absolute Gasteiger partial charge is 0.412 e. The van der Waals surface area contributed by atoms with Gasteiger partial charge in [0.2, 0.25) is 0 Å². The van der Waals surface area contributed by atoms with Crippen LogP contribution in [0.3, 0.4) is 0 Å². The predicted molar refractivity (Wildman–Crippen MR) is 100 cm³/mol. The van der Waals surface area contributed by atoms with Crippen LogP contribution in [0.4, 0.5) is 10.5 Å². The van der Waals surface area contributed by atoms with E-state index >= 15 is 0 Å². The molecule has 1 fully saturated rings. The van der Waals surface area contributed by atoms with E-state index in [1.807, 2.05) is 0 Å². The number of methoxy groups -OCH3 is 1. The zero-order valence-corrected chi connectivity index (χ0v) is 16.0. The number of hydrogen-bond acceptors (Lipinski definition) is 6. The largest absolute Gasteiger partial charge is 0.504 e. The fourth-order valence-electron chi connectivity index (χ4n) is 2.86. The van der Waals surface area contributed by atoms with E-state index in [1.165, 1.54) is 24.1 Å². The number of amides is 2. The summed E-state index contributed by atoms with van der Waals surface area (Å²) in [4.78, 5) is 26.7. The third-order valence-corrected chi connectivity index (χ3v) is 4.02. The van der Waals surface area contributed by atoms with Crippen LogP contribution >= 0.6 is 0 Å². The van der Waals surface area contributed by atoms with E-state index in [4.69, 9.17) is 9.47 Å². The first-order valence-electron chi connectivity index (χ1n) is 8.55. The molecular formula is C19H26N2O6. The minimum atomic E-state index is -0.759. The molecule has 0 aromatic heterocycles. The molecule has 0 aliphatic carbocycles. The maximum absolute atomic E-state index is 13.1. The van der Waals surface area contributed by atoms with Crippen molar-refractivity contribution in [2.45, 2.75) is 38.8 Å². The Bertz CT molecular complexity index is 753. The van der Waals surface area contributed by atoms with E-state index in [0.717, 1.165) is 5.57 Å². The molecule has 3 N–H and O–H groups in total. The molecular weight excluding hydrogens is 352 g/mol. The monoisotopic (exact) mass is 378 g/mol. The Hall–Kier alpha value is -2.74. The van der Waals surface area contributed by atoms with Crippen LogP contribution in [0, 0.1) is 0 Å². The van der Waals surface area contributed by atoms with Crippen LogP contribution in [-0.4, -0.2) is 59.0 Å². The van der Waals surface area contributed by atoms with Gasteiger partial charge in [-0.3, -0.25) is 10.1 Å². The van der Waals surface area contributed by atoms with Crippen molar-refractivity contribution in [3.8, 4) is 11.5 Å². The number of likely N-dealkylation sites (tertiary alicyclic amines) is 1. The molecule has 1 saturated heterocycles. The number of anilines is 1. The fourth-order valence-corrected chi connectivity index (χ4v) is 2.86. The SMILES string of the molecule is C=C1CC(CO)N(C(=O)c2cc(OC)c(O)cc2NC(=O)OC(C)(C)C)C1. The number of carbonyl (C=O) groups excluding carboxylic acids is 2. The molecule has 1 aliphatic rings. The average Bonchev–Trinajstić information content (AvgIpc) is 2.93. The highest BCUT2D eigenvalue weighted by molar-refractivity contribution is 6.04. The summed E-state index contributed by atoms with van der Waals surface area (Å²) in [6.45, 7) is 9.13. The zero-order valence-electron chi connectivity index (χ0n) is 16.0. The molecule has 0 saturated carbocycles. The van der Waals surface area contributed by atoms with Gasteiger partial charge >= 0.3 is 6.09 Å². The topological polar surface area (TPSA) is 108 Å². The lowest BCUT2D eigenvalue weighted by Gasteiger charge is -2.25. The van der Waals surface area contributed by atoms with Crippen molar-refractivity contribution in [2.24, 2.45) is 0 Å². The van der Waals surface area contributed by atoms with Gasteiger partial charge in [0, 0.05) is 12.6 Å². The van der Waals surface area contributed by atoms with E-state index in [-0.39, 0.29) is 35.4 Å². The Balaban J connectivity index is 2.39. The second kappa shape index (κ2) is 7.87. The van der Waals surface area contributed by atoms with E-state index in [1.54, 1.807) is 20.8 Å². The molecule has 148 valence electrons. The molecule has 1 heterocycles. The molecule has 2 rings (SSSR count). The Labute approximate surface area is 158 Å². The van der Waals surface area contributed by atoms with Gasteiger partial charge in [-0.2, -0.15) is 0 Å². The second-order valence-electron chi connectivity index (χ2n) is 7.42. The van der Waals surface area contributed by atoms with Crippen LogP contribution < -0.4 is 10.1 Å². The third kappa shape index (κ3) is 4.91. The quantitative estimate of drug-likeness (QED) is 0.695. The molecule has 1 aliphatic heterocycles.